The van der Waals surface area contributed by atoms with Gasteiger partial charge in [0.15, 0.2) is 0 Å². The fourth-order valence-corrected chi connectivity index (χ4v) is 3.18. The van der Waals surface area contributed by atoms with Gasteiger partial charge >= 0.3 is 5.97 Å². The minimum atomic E-state index is -0.874. The van der Waals surface area contributed by atoms with Crippen molar-refractivity contribution < 1.29 is 20.1 Å². The molecule has 3 aromatic rings. The van der Waals surface area contributed by atoms with Crippen LogP contribution < -0.4 is 0 Å². The first kappa shape index (κ1) is 15.9. The summed E-state index contributed by atoms with van der Waals surface area (Å²) in [7, 11) is 0. The summed E-state index contributed by atoms with van der Waals surface area (Å²) in [6.07, 6.45) is 0.642. The molecule has 0 aliphatic carbocycles. The molecule has 0 bridgehead atoms. The Morgan fingerprint density at radius 2 is 1.71 bits per heavy atom. The van der Waals surface area contributed by atoms with Crippen LogP contribution in [0.1, 0.15) is 23.7 Å². The first-order valence-corrected chi connectivity index (χ1v) is 7.82. The van der Waals surface area contributed by atoms with Crippen LogP contribution >= 0.6 is 0 Å². The van der Waals surface area contributed by atoms with Crippen LogP contribution in [0.4, 0.5) is 0 Å². The van der Waals surface area contributed by atoms with Crippen molar-refractivity contribution in [1.82, 2.24) is 4.57 Å². The van der Waals surface area contributed by atoms with E-state index in [1.54, 1.807) is 30.3 Å². The van der Waals surface area contributed by atoms with E-state index in [-0.39, 0.29) is 17.9 Å². The number of carbonyl (C=O) groups is 1. The highest BCUT2D eigenvalue weighted by atomic mass is 16.4. The van der Waals surface area contributed by atoms with Crippen molar-refractivity contribution in [3.63, 3.8) is 0 Å². The Labute approximate surface area is 139 Å². The van der Waals surface area contributed by atoms with E-state index >= 15 is 0 Å². The molecule has 1 aromatic heterocycles. The van der Waals surface area contributed by atoms with Gasteiger partial charge in [0.05, 0.1) is 11.9 Å². The second-order valence-corrected chi connectivity index (χ2v) is 5.80. The van der Waals surface area contributed by atoms with Crippen LogP contribution in [-0.4, -0.2) is 25.9 Å². The van der Waals surface area contributed by atoms with Crippen LogP contribution in [0.3, 0.4) is 0 Å². The highest BCUT2D eigenvalue weighted by Crippen LogP contribution is 2.31. The minimum absolute atomic E-state index is 0.0486. The number of aliphatic carboxylic acids is 1. The number of carboxylic acid groups (broad SMARTS) is 1. The molecule has 124 valence electrons. The molecule has 0 saturated heterocycles. The van der Waals surface area contributed by atoms with E-state index < -0.39 is 5.97 Å². The summed E-state index contributed by atoms with van der Waals surface area (Å²) in [4.78, 5) is 11.3. The highest BCUT2D eigenvalue weighted by Gasteiger charge is 2.18. The van der Waals surface area contributed by atoms with Gasteiger partial charge in [-0.1, -0.05) is 19.1 Å². The van der Waals surface area contributed by atoms with Gasteiger partial charge in [-0.15, -0.1) is 0 Å². The minimum Gasteiger partial charge on any atom is -0.508 e. The number of nitrogens with zero attached hydrogens (tertiary/aromatic N) is 1. The summed E-state index contributed by atoms with van der Waals surface area (Å²) in [5.74, 6) is -0.519. The second kappa shape index (κ2) is 6.28. The van der Waals surface area contributed by atoms with E-state index in [0.717, 1.165) is 27.7 Å². The van der Waals surface area contributed by atoms with Crippen LogP contribution in [0.15, 0.2) is 42.5 Å². The van der Waals surface area contributed by atoms with E-state index in [9.17, 15) is 20.1 Å². The number of hydrogen-bond donors (Lipinski definition) is 3. The lowest BCUT2D eigenvalue weighted by Crippen LogP contribution is -2.07. The van der Waals surface area contributed by atoms with Crippen molar-refractivity contribution in [2.45, 2.75) is 26.3 Å². The first-order valence-electron chi connectivity index (χ1n) is 7.82. The quantitative estimate of drug-likeness (QED) is 0.672. The fourth-order valence-electron chi connectivity index (χ4n) is 3.18. The van der Waals surface area contributed by atoms with Gasteiger partial charge < -0.3 is 19.9 Å². The smallest absolute Gasteiger partial charge is 0.307 e. The average molecular weight is 325 g/mol. The molecular formula is C19H19NO4. The summed E-state index contributed by atoms with van der Waals surface area (Å²) in [6, 6.07) is 11.9. The molecule has 24 heavy (non-hydrogen) atoms. The summed E-state index contributed by atoms with van der Waals surface area (Å²) in [5.41, 5.74) is 3.55. The Morgan fingerprint density at radius 3 is 2.33 bits per heavy atom. The highest BCUT2D eigenvalue weighted by molar-refractivity contribution is 5.90. The molecule has 0 radical (unpaired) electrons. The van der Waals surface area contributed by atoms with Crippen molar-refractivity contribution in [2.24, 2.45) is 0 Å². The molecule has 0 fully saturated rings. The van der Waals surface area contributed by atoms with Crippen molar-refractivity contribution >= 4 is 16.9 Å². The molecule has 3 rings (SSSR count). The lowest BCUT2D eigenvalue weighted by Gasteiger charge is -2.11. The van der Waals surface area contributed by atoms with Gasteiger partial charge in [0, 0.05) is 23.7 Å². The second-order valence-electron chi connectivity index (χ2n) is 5.80. The number of aromatic nitrogens is 1. The molecule has 0 amide bonds. The average Bonchev–Trinajstić information content (AvgIpc) is 2.81. The molecule has 0 saturated carbocycles. The maximum atomic E-state index is 11.3. The number of benzene rings is 2. The molecule has 0 aliphatic rings. The maximum absolute atomic E-state index is 11.3. The number of fused-ring (bicyclic) bond motifs is 1. The van der Waals surface area contributed by atoms with Crippen molar-refractivity contribution in [3.8, 4) is 11.5 Å². The molecule has 0 atom stereocenters. The van der Waals surface area contributed by atoms with Gasteiger partial charge in [-0.2, -0.15) is 0 Å². The van der Waals surface area contributed by atoms with Gasteiger partial charge in [-0.3, -0.25) is 4.79 Å². The summed E-state index contributed by atoms with van der Waals surface area (Å²) in [6.45, 7) is 2.54. The molecular weight excluding hydrogens is 306 g/mol. The molecule has 2 aromatic carbocycles. The van der Waals surface area contributed by atoms with E-state index in [4.69, 9.17) is 0 Å². The van der Waals surface area contributed by atoms with Gasteiger partial charge in [-0.25, -0.2) is 0 Å². The lowest BCUT2D eigenvalue weighted by molar-refractivity contribution is -0.136. The number of carboxylic acids is 1. The van der Waals surface area contributed by atoms with Gasteiger partial charge in [0.1, 0.15) is 11.5 Å². The Morgan fingerprint density at radius 1 is 1.04 bits per heavy atom. The fraction of sp³-hybridized carbons (Fsp3) is 0.211. The third-order valence-electron chi connectivity index (χ3n) is 4.21. The number of phenolic OH excluding ortho intramolecular Hbond substituents is 2. The summed E-state index contributed by atoms with van der Waals surface area (Å²) >= 11 is 0. The molecule has 1 heterocycles. The zero-order chi connectivity index (χ0) is 17.3. The number of phenols is 2. The van der Waals surface area contributed by atoms with Crippen LogP contribution in [-0.2, 0) is 24.2 Å². The molecule has 0 spiro atoms. The Kier molecular flexibility index (Phi) is 4.16. The van der Waals surface area contributed by atoms with Gasteiger partial charge in [-0.05, 0) is 41.8 Å². The number of hydrogen-bond acceptors (Lipinski definition) is 3. The number of aromatic hydroxyl groups is 2. The van der Waals surface area contributed by atoms with Crippen LogP contribution in [0.5, 0.6) is 11.5 Å². The zero-order valence-electron chi connectivity index (χ0n) is 13.4. The lowest BCUT2D eigenvalue weighted by atomic mass is 10.1. The SMILES string of the molecule is CCc1c(CC(=O)O)c2ccc(O)cc2n1Cc1ccc(O)cc1. The normalized spacial score (nSPS) is 11.0. The molecule has 5 heteroatoms. The monoisotopic (exact) mass is 325 g/mol. The largest absolute Gasteiger partial charge is 0.508 e. The molecule has 3 N–H and O–H groups in total. The Bertz CT molecular complexity index is 894. The standard InChI is InChI=1S/C19H19NO4/c1-2-17-16(10-19(23)24)15-8-7-14(22)9-18(15)20(17)11-12-3-5-13(21)6-4-12/h3-9,21-22H,2,10-11H2,1H3,(H,23,24). The van der Waals surface area contributed by atoms with E-state index in [0.29, 0.717) is 13.0 Å². The molecule has 5 nitrogen and oxygen atoms in total. The topological polar surface area (TPSA) is 82.7 Å². The molecule has 0 unspecified atom stereocenters. The van der Waals surface area contributed by atoms with Gasteiger partial charge in [0.2, 0.25) is 0 Å². The summed E-state index contributed by atoms with van der Waals surface area (Å²) < 4.78 is 2.04. The predicted octanol–water partition coefficient (Wildman–Crippen LogP) is 3.29. The first-order chi connectivity index (χ1) is 11.5. The van der Waals surface area contributed by atoms with Crippen molar-refractivity contribution in [1.29, 1.82) is 0 Å². The predicted molar refractivity (Wildman–Crippen MR) is 91.5 cm³/mol. The third kappa shape index (κ3) is 2.93. The van der Waals surface area contributed by atoms with Crippen LogP contribution in [0.2, 0.25) is 0 Å². The van der Waals surface area contributed by atoms with E-state index in [1.807, 2.05) is 23.6 Å². The van der Waals surface area contributed by atoms with Crippen LogP contribution in [0, 0.1) is 0 Å². The van der Waals surface area contributed by atoms with Crippen molar-refractivity contribution in [3.05, 3.63) is 59.3 Å². The van der Waals surface area contributed by atoms with Gasteiger partial charge in [0.25, 0.3) is 0 Å². The van der Waals surface area contributed by atoms with E-state index in [1.165, 1.54) is 0 Å². The third-order valence-corrected chi connectivity index (χ3v) is 4.21. The van der Waals surface area contributed by atoms with Crippen molar-refractivity contribution in [2.75, 3.05) is 0 Å². The van der Waals surface area contributed by atoms with E-state index in [2.05, 4.69) is 0 Å². The summed E-state index contributed by atoms with van der Waals surface area (Å²) in [5, 5.41) is 29.4. The molecule has 0 aliphatic heterocycles. The zero-order valence-corrected chi connectivity index (χ0v) is 13.4. The Hall–Kier alpha value is -2.95. The van der Waals surface area contributed by atoms with Crippen LogP contribution in [0.25, 0.3) is 10.9 Å². The Balaban J connectivity index is 2.18. The number of rotatable bonds is 5. The maximum Gasteiger partial charge on any atom is 0.307 e.